The number of benzene rings is 2. The lowest BCUT2D eigenvalue weighted by Crippen LogP contribution is -3.14. The molecule has 0 bridgehead atoms. The third-order valence-electron chi connectivity index (χ3n) is 5.57. The quantitative estimate of drug-likeness (QED) is 0.858. The van der Waals surface area contributed by atoms with E-state index in [1.54, 1.807) is 10.4 Å². The molecule has 0 radical (unpaired) electrons. The standard InChI is InChI=1S/C22H28N2O2S/c1-18-11-12-22(20(3)19(18)2)27(25,26)24-16-14-23(15-17-24)13-7-10-21-8-5-4-6-9-21/h4-12H,13-17H2,1-3H3/p+1. The van der Waals surface area contributed by atoms with Gasteiger partial charge in [0, 0.05) is 0 Å². The second-order valence-corrected chi connectivity index (χ2v) is 9.21. The highest BCUT2D eigenvalue weighted by Gasteiger charge is 2.31. The first kappa shape index (κ1) is 19.8. The van der Waals surface area contributed by atoms with Crippen molar-refractivity contribution < 1.29 is 13.3 Å². The molecule has 0 amide bonds. The molecule has 1 fully saturated rings. The maximum atomic E-state index is 13.1. The number of aryl methyl sites for hydroxylation is 1. The van der Waals surface area contributed by atoms with Crippen molar-refractivity contribution in [2.45, 2.75) is 25.7 Å². The van der Waals surface area contributed by atoms with Crippen LogP contribution in [0.15, 0.2) is 53.4 Å². The Bertz CT molecular complexity index is 913. The molecule has 0 aromatic heterocycles. The molecule has 144 valence electrons. The Morgan fingerprint density at radius 3 is 2.30 bits per heavy atom. The van der Waals surface area contributed by atoms with Gasteiger partial charge in [-0.25, -0.2) is 8.42 Å². The highest BCUT2D eigenvalue weighted by atomic mass is 32.2. The Labute approximate surface area is 163 Å². The fraction of sp³-hybridized carbons (Fsp3) is 0.364. The normalized spacial score (nSPS) is 16.9. The maximum Gasteiger partial charge on any atom is 0.243 e. The number of rotatable bonds is 5. The van der Waals surface area contributed by atoms with E-state index < -0.39 is 10.0 Å². The summed E-state index contributed by atoms with van der Waals surface area (Å²) < 4.78 is 27.8. The van der Waals surface area contributed by atoms with Gasteiger partial charge in [0.25, 0.3) is 0 Å². The fourth-order valence-corrected chi connectivity index (χ4v) is 5.24. The summed E-state index contributed by atoms with van der Waals surface area (Å²) in [6, 6.07) is 13.9. The van der Waals surface area contributed by atoms with Crippen LogP contribution < -0.4 is 4.90 Å². The number of sulfonamides is 1. The monoisotopic (exact) mass is 385 g/mol. The first-order valence-electron chi connectivity index (χ1n) is 9.51. The van der Waals surface area contributed by atoms with Gasteiger partial charge in [-0.1, -0.05) is 42.5 Å². The molecule has 2 aromatic rings. The van der Waals surface area contributed by atoms with Crippen LogP contribution in [-0.2, 0) is 10.0 Å². The van der Waals surface area contributed by atoms with E-state index in [4.69, 9.17) is 0 Å². The largest absolute Gasteiger partial charge is 0.329 e. The van der Waals surface area contributed by atoms with Gasteiger partial charge in [0.05, 0.1) is 37.6 Å². The van der Waals surface area contributed by atoms with Gasteiger partial charge in [-0.3, -0.25) is 0 Å². The molecule has 0 aliphatic carbocycles. The summed E-state index contributed by atoms with van der Waals surface area (Å²) in [6.07, 6.45) is 4.32. The molecule has 0 atom stereocenters. The molecular formula is C22H29N2O2S+. The van der Waals surface area contributed by atoms with Gasteiger partial charge in [-0.2, -0.15) is 4.31 Å². The van der Waals surface area contributed by atoms with Gasteiger partial charge in [-0.15, -0.1) is 0 Å². The van der Waals surface area contributed by atoms with E-state index >= 15 is 0 Å². The summed E-state index contributed by atoms with van der Waals surface area (Å²) in [5, 5.41) is 0. The van der Waals surface area contributed by atoms with Crippen molar-refractivity contribution in [3.63, 3.8) is 0 Å². The van der Waals surface area contributed by atoms with Crippen molar-refractivity contribution in [2.75, 3.05) is 32.7 Å². The first-order valence-corrected chi connectivity index (χ1v) is 11.0. The zero-order valence-corrected chi connectivity index (χ0v) is 17.2. The molecule has 1 heterocycles. The predicted octanol–water partition coefficient (Wildman–Crippen LogP) is 2.21. The SMILES string of the molecule is Cc1ccc(S(=O)(=O)N2CC[NH+](CC=Cc3ccccc3)CC2)c(C)c1C. The summed E-state index contributed by atoms with van der Waals surface area (Å²) in [5.74, 6) is 0. The summed E-state index contributed by atoms with van der Waals surface area (Å²) >= 11 is 0. The Morgan fingerprint density at radius 1 is 0.963 bits per heavy atom. The number of hydrogen-bond donors (Lipinski definition) is 1. The Kier molecular flexibility index (Phi) is 6.15. The third kappa shape index (κ3) is 4.49. The van der Waals surface area contributed by atoms with Gasteiger partial charge in [-0.05, 0) is 55.2 Å². The van der Waals surface area contributed by atoms with E-state index in [1.165, 1.54) is 10.5 Å². The summed E-state index contributed by atoms with van der Waals surface area (Å²) in [5.41, 5.74) is 4.26. The van der Waals surface area contributed by atoms with Crippen LogP contribution >= 0.6 is 0 Å². The summed E-state index contributed by atoms with van der Waals surface area (Å²) in [7, 11) is -3.42. The predicted molar refractivity (Wildman–Crippen MR) is 110 cm³/mol. The summed E-state index contributed by atoms with van der Waals surface area (Å²) in [4.78, 5) is 1.88. The van der Waals surface area contributed by atoms with E-state index in [0.29, 0.717) is 18.0 Å². The van der Waals surface area contributed by atoms with Crippen molar-refractivity contribution in [2.24, 2.45) is 0 Å². The van der Waals surface area contributed by atoms with Crippen LogP contribution in [0.1, 0.15) is 22.3 Å². The molecule has 1 N–H and O–H groups in total. The van der Waals surface area contributed by atoms with Crippen LogP contribution in [0, 0.1) is 20.8 Å². The third-order valence-corrected chi connectivity index (χ3v) is 7.62. The number of piperazine rings is 1. The van der Waals surface area contributed by atoms with Crippen LogP contribution in [0.25, 0.3) is 6.08 Å². The molecule has 27 heavy (non-hydrogen) atoms. The van der Waals surface area contributed by atoms with Crippen LogP contribution in [0.4, 0.5) is 0 Å². The fourth-order valence-electron chi connectivity index (χ4n) is 3.52. The van der Waals surface area contributed by atoms with Gasteiger partial charge in [0.1, 0.15) is 0 Å². The lowest BCUT2D eigenvalue weighted by molar-refractivity contribution is -0.897. The number of nitrogens with zero attached hydrogens (tertiary/aromatic N) is 1. The maximum absolute atomic E-state index is 13.1. The van der Waals surface area contributed by atoms with Crippen molar-refractivity contribution in [3.05, 3.63) is 70.8 Å². The van der Waals surface area contributed by atoms with Gasteiger partial charge < -0.3 is 4.90 Å². The van der Waals surface area contributed by atoms with Crippen molar-refractivity contribution in [1.82, 2.24) is 4.31 Å². The molecule has 2 aromatic carbocycles. The summed E-state index contributed by atoms with van der Waals surface area (Å²) in [6.45, 7) is 9.65. The number of nitrogens with one attached hydrogen (secondary N) is 1. The molecular weight excluding hydrogens is 356 g/mol. The zero-order chi connectivity index (χ0) is 19.4. The highest BCUT2D eigenvalue weighted by molar-refractivity contribution is 7.89. The average Bonchev–Trinajstić information content (AvgIpc) is 2.67. The number of hydrogen-bond acceptors (Lipinski definition) is 2. The molecule has 3 rings (SSSR count). The average molecular weight is 386 g/mol. The van der Waals surface area contributed by atoms with Crippen LogP contribution in [-0.4, -0.2) is 45.4 Å². The zero-order valence-electron chi connectivity index (χ0n) is 16.4. The van der Waals surface area contributed by atoms with Crippen molar-refractivity contribution >= 4 is 16.1 Å². The Hall–Kier alpha value is -1.95. The number of quaternary nitrogens is 1. The van der Waals surface area contributed by atoms with E-state index in [1.807, 2.05) is 45.0 Å². The van der Waals surface area contributed by atoms with Gasteiger partial charge in [0.15, 0.2) is 0 Å². The second kappa shape index (κ2) is 8.38. The molecule has 0 spiro atoms. The van der Waals surface area contributed by atoms with E-state index in [-0.39, 0.29) is 0 Å². The van der Waals surface area contributed by atoms with Crippen LogP contribution in [0.2, 0.25) is 0 Å². The first-order chi connectivity index (χ1) is 12.9. The molecule has 0 saturated carbocycles. The molecule has 1 aliphatic heterocycles. The second-order valence-electron chi connectivity index (χ2n) is 7.30. The Balaban J connectivity index is 1.61. The minimum absolute atomic E-state index is 0.457. The molecule has 5 heteroatoms. The van der Waals surface area contributed by atoms with Crippen LogP contribution in [0.5, 0.6) is 0 Å². The minimum Gasteiger partial charge on any atom is -0.329 e. The smallest absolute Gasteiger partial charge is 0.243 e. The van der Waals surface area contributed by atoms with Crippen LogP contribution in [0.3, 0.4) is 0 Å². The highest BCUT2D eigenvalue weighted by Crippen LogP contribution is 2.24. The molecule has 4 nitrogen and oxygen atoms in total. The lowest BCUT2D eigenvalue weighted by atomic mass is 10.1. The van der Waals surface area contributed by atoms with E-state index in [9.17, 15) is 8.42 Å². The lowest BCUT2D eigenvalue weighted by Gasteiger charge is -2.31. The molecule has 1 aliphatic rings. The van der Waals surface area contributed by atoms with E-state index in [0.717, 1.165) is 36.3 Å². The molecule has 1 saturated heterocycles. The van der Waals surface area contributed by atoms with Crippen molar-refractivity contribution in [1.29, 1.82) is 0 Å². The minimum atomic E-state index is -3.42. The van der Waals surface area contributed by atoms with Gasteiger partial charge >= 0.3 is 0 Å². The molecule has 0 unspecified atom stereocenters. The Morgan fingerprint density at radius 2 is 1.63 bits per heavy atom. The van der Waals surface area contributed by atoms with Gasteiger partial charge in [0.2, 0.25) is 10.0 Å². The van der Waals surface area contributed by atoms with E-state index in [2.05, 4.69) is 24.3 Å². The topological polar surface area (TPSA) is 41.8 Å². The van der Waals surface area contributed by atoms with Crippen molar-refractivity contribution in [3.8, 4) is 0 Å².